The van der Waals surface area contributed by atoms with Crippen LogP contribution >= 0.6 is 46.8 Å². The number of rotatable bonds is 14. The zero-order valence-electron chi connectivity index (χ0n) is 38.9. The van der Waals surface area contributed by atoms with E-state index in [4.69, 9.17) is 14.5 Å². The van der Waals surface area contributed by atoms with Gasteiger partial charge in [-0.1, -0.05) is 115 Å². The Balaban J connectivity index is 0.00000582. The second kappa shape index (κ2) is 20.3. The zero-order chi connectivity index (χ0) is 47.8. The van der Waals surface area contributed by atoms with Crippen molar-refractivity contribution in [2.24, 2.45) is 4.99 Å². The summed E-state index contributed by atoms with van der Waals surface area (Å²) in [6.07, 6.45) is 2.89. The van der Waals surface area contributed by atoms with Gasteiger partial charge in [0.2, 0.25) is 5.82 Å². The second-order valence-corrected chi connectivity index (χ2v) is 22.3. The molecule has 1 aromatic heterocycles. The molecule has 71 heavy (non-hydrogen) atoms. The number of carbonyl (C=O) groups excluding carboxylic acids is 1. The minimum absolute atomic E-state index is 0. The van der Waals surface area contributed by atoms with E-state index in [9.17, 15) is 4.79 Å². The summed E-state index contributed by atoms with van der Waals surface area (Å²) in [5.74, 6) is 1.36. The molecule has 11 rings (SSSR count). The van der Waals surface area contributed by atoms with E-state index in [2.05, 4.69) is 119 Å². The van der Waals surface area contributed by atoms with Crippen LogP contribution in [-0.2, 0) is 17.6 Å². The first-order chi connectivity index (χ1) is 34.3. The Morgan fingerprint density at radius 1 is 0.718 bits per heavy atom. The largest absolute Gasteiger partial charge is 0.642 e. The van der Waals surface area contributed by atoms with Gasteiger partial charge in [-0.05, 0) is 154 Å². The first-order valence-corrected chi connectivity index (χ1v) is 26.6. The Hall–Kier alpha value is -6.47. The Morgan fingerprint density at radius 3 is 1.85 bits per heavy atom. The van der Waals surface area contributed by atoms with Crippen LogP contribution in [0.25, 0.3) is 28.0 Å². The van der Waals surface area contributed by atoms with Crippen LogP contribution in [0, 0.1) is 0 Å². The number of fused-ring (bicyclic) bond motifs is 6. The van der Waals surface area contributed by atoms with E-state index in [1.807, 2.05) is 78.9 Å². The maximum absolute atomic E-state index is 18.4. The molecule has 8 aromatic rings. The first kappa shape index (κ1) is 48.2. The predicted octanol–water partition coefficient (Wildman–Crippen LogP) is 12.0. The third kappa shape index (κ3) is 8.67. The van der Waals surface area contributed by atoms with E-state index in [1.54, 1.807) is 31.4 Å². The van der Waals surface area contributed by atoms with E-state index < -0.39 is 14.2 Å². The number of benzene rings is 7. The number of carbonyl (C=O) groups is 1. The number of hydrogen-bond acceptors (Lipinski definition) is 4. The van der Waals surface area contributed by atoms with Gasteiger partial charge in [0.15, 0.2) is 6.61 Å². The topological polar surface area (TPSA) is 67.9 Å². The van der Waals surface area contributed by atoms with Gasteiger partial charge in [0.05, 0.1) is 28.0 Å². The minimum Gasteiger partial charge on any atom is -0.497 e. The Morgan fingerprint density at radius 2 is 1.27 bits per heavy atom. The summed E-state index contributed by atoms with van der Waals surface area (Å²) in [6, 6.07) is 64.3. The average molecular weight is 1140 g/mol. The third-order valence-electron chi connectivity index (χ3n) is 13.7. The van der Waals surface area contributed by atoms with Gasteiger partial charge in [-0.25, -0.2) is 0 Å². The Kier molecular flexibility index (Phi) is 13.8. The van der Waals surface area contributed by atoms with Crippen molar-refractivity contribution in [3.8, 4) is 33.9 Å². The van der Waals surface area contributed by atoms with Gasteiger partial charge in [0.1, 0.15) is 40.4 Å². The second-order valence-electron chi connectivity index (χ2n) is 17.6. The quantitative estimate of drug-likeness (QED) is 0.0511. The van der Waals surface area contributed by atoms with E-state index in [0.29, 0.717) is 57.0 Å². The Bertz CT molecular complexity index is 3260. The summed E-state index contributed by atoms with van der Waals surface area (Å²) < 4.78 is 51.4. The van der Waals surface area contributed by atoms with Gasteiger partial charge in [-0.2, -0.15) is 0 Å². The molecular weight excluding hydrogens is 1090 g/mol. The van der Waals surface area contributed by atoms with Gasteiger partial charge in [-0.15, -0.1) is 17.0 Å². The number of nitrogens with one attached hydrogen (secondary N) is 1. The van der Waals surface area contributed by atoms with Gasteiger partial charge in [0.25, 0.3) is 11.7 Å². The highest BCUT2D eigenvalue weighted by molar-refractivity contribution is 14.1. The molecule has 0 spiro atoms. The molecule has 1 aliphatic carbocycles. The predicted molar refractivity (Wildman–Crippen MR) is 301 cm³/mol. The molecule has 354 valence electrons. The molecule has 3 aliphatic rings. The summed E-state index contributed by atoms with van der Waals surface area (Å²) in [5.41, 5.74) is 6.99. The van der Waals surface area contributed by atoms with Crippen molar-refractivity contribution in [2.75, 3.05) is 26.4 Å². The monoisotopic (exact) mass is 1140 g/mol. The van der Waals surface area contributed by atoms with Crippen LogP contribution in [0.2, 0.25) is 0 Å². The summed E-state index contributed by atoms with van der Waals surface area (Å²) in [4.78, 5) is 18.6. The Labute approximate surface area is 437 Å². The fourth-order valence-corrected chi connectivity index (χ4v) is 16.0. The van der Waals surface area contributed by atoms with E-state index >= 15 is 8.63 Å². The molecule has 0 saturated heterocycles. The number of nitrogens with zero attached hydrogens (tertiary/aromatic N) is 3. The molecule has 0 radical (unpaired) electrons. The molecule has 0 unspecified atom stereocenters. The molecule has 3 heterocycles. The molecule has 7 aromatic carbocycles. The fourth-order valence-electron chi connectivity index (χ4n) is 10.5. The number of amidine groups is 1. The molecule has 0 saturated carbocycles. The zero-order valence-corrected chi connectivity index (χ0v) is 43.6. The number of ether oxygens (including phenoxy) is 2. The van der Waals surface area contributed by atoms with Crippen LogP contribution < -0.4 is 30.7 Å². The molecular formula is C58H49BBrF2IN4O3P+. The molecule has 0 atom stereocenters. The number of aryl methyl sites for hydroxylation is 1. The lowest BCUT2D eigenvalue weighted by Crippen LogP contribution is -2.53. The lowest BCUT2D eigenvalue weighted by Gasteiger charge is -2.33. The van der Waals surface area contributed by atoms with E-state index in [0.717, 1.165) is 50.4 Å². The molecule has 13 heteroatoms. The number of aliphatic imine (C=N–C) groups is 1. The van der Waals surface area contributed by atoms with Crippen LogP contribution in [0.5, 0.6) is 11.5 Å². The molecule has 2 aliphatic heterocycles. The SMILES string of the molecule is Br.COc1ccc2c(c1)CCc1c(-c3ccccc3)c3n(c1-2)[B-](F)(F)[N+]1=C(c2ccc(OCC(=O)NCCC[P+](c4ccccc4)(c4ccccc4)c4ccccc4)cc2)C(I)=C(c2ccccc2)C1=N3. The van der Waals surface area contributed by atoms with Gasteiger partial charge in [0, 0.05) is 17.8 Å². The van der Waals surface area contributed by atoms with Crippen LogP contribution in [0.3, 0.4) is 0 Å². The lowest BCUT2D eigenvalue weighted by molar-refractivity contribution is -0.291. The van der Waals surface area contributed by atoms with Gasteiger partial charge >= 0.3 is 6.97 Å². The summed E-state index contributed by atoms with van der Waals surface area (Å²) >= 11 is 2.21. The van der Waals surface area contributed by atoms with E-state index in [1.165, 1.54) is 20.4 Å². The molecule has 1 amide bonds. The number of amides is 1. The van der Waals surface area contributed by atoms with Crippen molar-refractivity contribution in [3.05, 3.63) is 220 Å². The highest BCUT2D eigenvalue weighted by Gasteiger charge is 2.56. The van der Waals surface area contributed by atoms with E-state index in [-0.39, 0.29) is 41.1 Å². The first-order valence-electron chi connectivity index (χ1n) is 23.6. The lowest BCUT2D eigenvalue weighted by atomic mass is 9.85. The van der Waals surface area contributed by atoms with Crippen molar-refractivity contribution < 1.29 is 27.4 Å². The normalized spacial score (nSPS) is 14.3. The van der Waals surface area contributed by atoms with Crippen LogP contribution in [0.15, 0.2) is 203 Å². The number of methoxy groups -OCH3 is 1. The molecule has 1 N–H and O–H groups in total. The van der Waals surface area contributed by atoms with Gasteiger partial charge < -0.3 is 32.4 Å². The highest BCUT2D eigenvalue weighted by Crippen LogP contribution is 2.56. The van der Waals surface area contributed by atoms with Crippen molar-refractivity contribution in [1.82, 2.24) is 9.79 Å². The van der Waals surface area contributed by atoms with Crippen LogP contribution in [-0.4, -0.2) is 59.8 Å². The standard InChI is InChI=1S/C58H47BF2IN4O3P.BrH/c1-68-45-33-35-49-43(38-45)30-34-50-52(40-18-7-2-8-19-40)57-64-58-53(41-20-9-3-10-21-41)54(62)55(65(58)59(60,61)66(57)56(49)50)42-28-31-44(32-29-42)69-39-51(67)63-36-17-37-70(46-22-11-4-12-23-46,47-24-13-5-14-25-47)48-26-15-6-16-27-48;/h2-16,18-29,31-33,35,38H,17,30,34,36-37,39H2,1H3;1H/p+1. The fraction of sp³-hybridized carbons (Fsp3) is 0.121. The summed E-state index contributed by atoms with van der Waals surface area (Å²) in [7, 11) is -0.415. The summed E-state index contributed by atoms with van der Waals surface area (Å²) in [5, 5.41) is 6.99. The summed E-state index contributed by atoms with van der Waals surface area (Å²) in [6.45, 7) is -4.25. The van der Waals surface area contributed by atoms with Crippen LogP contribution in [0.1, 0.15) is 28.7 Å². The van der Waals surface area contributed by atoms with Crippen molar-refractivity contribution >= 4 is 98.6 Å². The number of aromatic nitrogens is 1. The van der Waals surface area contributed by atoms with Crippen molar-refractivity contribution in [3.63, 3.8) is 0 Å². The van der Waals surface area contributed by atoms with Crippen molar-refractivity contribution in [1.29, 1.82) is 0 Å². The highest BCUT2D eigenvalue weighted by atomic mass is 127. The molecule has 0 bridgehead atoms. The van der Waals surface area contributed by atoms with Crippen LogP contribution in [0.4, 0.5) is 14.4 Å². The maximum Gasteiger partial charge on any atom is 0.642 e. The molecule has 0 fully saturated rings. The van der Waals surface area contributed by atoms with Crippen molar-refractivity contribution in [2.45, 2.75) is 19.3 Å². The number of hydrogen-bond donors (Lipinski definition) is 1. The number of allylic oxidation sites excluding steroid dienone is 1. The smallest absolute Gasteiger partial charge is 0.497 e. The molecule has 7 nitrogen and oxygen atoms in total. The third-order valence-corrected chi connectivity index (χ3v) is 19.2. The average Bonchev–Trinajstić information content (AvgIpc) is 3.92. The number of halogens is 4. The van der Waals surface area contributed by atoms with Gasteiger partial charge in [-0.3, -0.25) is 4.79 Å². The minimum atomic E-state index is -4.54. The maximum atomic E-state index is 18.4.